The molecule has 0 atom stereocenters. The second-order valence-electron chi connectivity index (χ2n) is 2.00. The highest BCUT2D eigenvalue weighted by Crippen LogP contribution is 1.66. The average Bonchev–Trinajstić information content (AvgIpc) is 2.63. The largest absolute Gasteiger partial charge is 0.256 e. The Kier molecular flexibility index (Phi) is 5.01. The second-order valence-corrected chi connectivity index (χ2v) is 2.00. The molecule has 13 heavy (non-hydrogen) atoms. The summed E-state index contributed by atoms with van der Waals surface area (Å²) in [4.78, 5) is 1.39. The molecule has 2 aromatic rings. The zero-order chi connectivity index (χ0) is 8.81. The predicted molar refractivity (Wildman–Crippen MR) is 46.5 cm³/mol. The Bertz CT molecular complexity index is 252. The summed E-state index contributed by atoms with van der Waals surface area (Å²) in [7, 11) is 3.54. The Morgan fingerprint density at radius 2 is 1.85 bits per heavy atom. The van der Waals surface area contributed by atoms with Crippen LogP contribution >= 0.6 is 0 Å². The summed E-state index contributed by atoms with van der Waals surface area (Å²) in [5, 5.41) is 17.6. The molecular weight excluding hydrogens is 170 g/mol. The summed E-state index contributed by atoms with van der Waals surface area (Å²) >= 11 is 0. The molecule has 0 aliphatic rings. The molecule has 0 radical (unpaired) electrons. The van der Waals surface area contributed by atoms with Crippen LogP contribution in [-0.4, -0.2) is 35.2 Å². The molecule has 0 aliphatic carbocycles. The molecule has 0 spiro atoms. The average molecular weight is 183 g/mol. The summed E-state index contributed by atoms with van der Waals surface area (Å²) in [6.45, 7) is 0. The van der Waals surface area contributed by atoms with Crippen LogP contribution in [0.4, 0.5) is 0 Å². The van der Waals surface area contributed by atoms with E-state index in [1.54, 1.807) is 24.1 Å². The fourth-order valence-electron chi connectivity index (χ4n) is 0.486. The van der Waals surface area contributed by atoms with Crippen LogP contribution in [0.2, 0.25) is 0 Å². The fourth-order valence-corrected chi connectivity index (χ4v) is 0.486. The van der Waals surface area contributed by atoms with Gasteiger partial charge >= 0.3 is 0 Å². The molecule has 0 N–H and O–H groups in total. The van der Waals surface area contributed by atoms with E-state index in [4.69, 9.17) is 0 Å². The van der Waals surface area contributed by atoms with Gasteiger partial charge in [0.1, 0.15) is 0 Å². The van der Waals surface area contributed by atoms with Crippen molar-refractivity contribution in [1.82, 2.24) is 35.2 Å². The third-order valence-electron chi connectivity index (χ3n) is 0.993. The number of aromatic nitrogens is 7. The first-order chi connectivity index (χ1) is 5.79. The number of nitrogens with zero attached hydrogens (tertiary/aromatic N) is 7. The summed E-state index contributed by atoms with van der Waals surface area (Å²) in [6, 6.07) is 0. The van der Waals surface area contributed by atoms with E-state index in [1.165, 1.54) is 11.1 Å². The number of hydrogen-bond acceptors (Lipinski definition) is 5. The van der Waals surface area contributed by atoms with E-state index < -0.39 is 0 Å². The molecule has 0 aromatic carbocycles. The van der Waals surface area contributed by atoms with Crippen LogP contribution in [0, 0.1) is 0 Å². The molecule has 0 aliphatic heterocycles. The lowest BCUT2D eigenvalue weighted by atomic mass is 10.9. The monoisotopic (exact) mass is 183 g/mol. The minimum absolute atomic E-state index is 0. The number of aryl methyl sites for hydroxylation is 2. The van der Waals surface area contributed by atoms with Crippen molar-refractivity contribution < 1.29 is 0 Å². The van der Waals surface area contributed by atoms with Gasteiger partial charge in [0.2, 0.25) is 0 Å². The van der Waals surface area contributed by atoms with Crippen molar-refractivity contribution in [3.05, 3.63) is 18.7 Å². The second kappa shape index (κ2) is 5.81. The van der Waals surface area contributed by atoms with E-state index in [2.05, 4.69) is 25.7 Å². The molecule has 7 heteroatoms. The zero-order valence-corrected chi connectivity index (χ0v) is 6.86. The SMILES string of the molecule is C.Cn1ccnn1.Cn1ncnn1. The summed E-state index contributed by atoms with van der Waals surface area (Å²) < 4.78 is 1.64. The van der Waals surface area contributed by atoms with Crippen molar-refractivity contribution in [3.8, 4) is 0 Å². The normalized spacial score (nSPS) is 8.15. The Morgan fingerprint density at radius 1 is 1.08 bits per heavy atom. The third-order valence-corrected chi connectivity index (χ3v) is 0.993. The summed E-state index contributed by atoms with van der Waals surface area (Å²) in [5.41, 5.74) is 0. The zero-order valence-electron chi connectivity index (χ0n) is 6.86. The number of tetrazole rings is 1. The first kappa shape index (κ1) is 11.2. The third kappa shape index (κ3) is 4.62. The van der Waals surface area contributed by atoms with Gasteiger partial charge in [-0.15, -0.1) is 15.3 Å². The maximum absolute atomic E-state index is 3.61. The van der Waals surface area contributed by atoms with Crippen LogP contribution in [0.15, 0.2) is 18.7 Å². The minimum Gasteiger partial charge on any atom is -0.256 e. The van der Waals surface area contributed by atoms with Crippen molar-refractivity contribution >= 4 is 0 Å². The molecule has 0 saturated heterocycles. The Hall–Kier alpha value is -1.79. The lowest BCUT2D eigenvalue weighted by Crippen LogP contribution is -1.90. The quantitative estimate of drug-likeness (QED) is 0.558. The minimum atomic E-state index is 0. The van der Waals surface area contributed by atoms with Crippen molar-refractivity contribution in [2.45, 2.75) is 7.43 Å². The molecule has 0 fully saturated rings. The van der Waals surface area contributed by atoms with E-state index in [0.29, 0.717) is 0 Å². The molecule has 2 aromatic heterocycles. The topological polar surface area (TPSA) is 74.3 Å². The highest BCUT2D eigenvalue weighted by Gasteiger charge is 1.72. The number of hydrogen-bond donors (Lipinski definition) is 0. The molecule has 2 heterocycles. The van der Waals surface area contributed by atoms with Crippen molar-refractivity contribution in [3.63, 3.8) is 0 Å². The van der Waals surface area contributed by atoms with E-state index >= 15 is 0 Å². The highest BCUT2D eigenvalue weighted by atomic mass is 15.6. The highest BCUT2D eigenvalue weighted by molar-refractivity contribution is 4.59. The van der Waals surface area contributed by atoms with Gasteiger partial charge in [-0.1, -0.05) is 12.6 Å². The molecule has 72 valence electrons. The lowest BCUT2D eigenvalue weighted by molar-refractivity contribution is 0.630. The van der Waals surface area contributed by atoms with Crippen LogP contribution < -0.4 is 0 Å². The van der Waals surface area contributed by atoms with Gasteiger partial charge in [0.05, 0.1) is 13.2 Å². The van der Waals surface area contributed by atoms with Crippen LogP contribution in [0.25, 0.3) is 0 Å². The van der Waals surface area contributed by atoms with Crippen LogP contribution in [0.1, 0.15) is 7.43 Å². The molecule has 0 amide bonds. The maximum Gasteiger partial charge on any atom is 0.162 e. The van der Waals surface area contributed by atoms with Crippen LogP contribution in [-0.2, 0) is 14.1 Å². The maximum atomic E-state index is 3.61. The summed E-state index contributed by atoms with van der Waals surface area (Å²) in [5.74, 6) is 0. The standard InChI is InChI=1S/C3H5N3.C2H4N4.CH4/c1-6-3-2-4-5-6;1-6-4-2-3-5-6;/h2-3H,1H3;2H,1H3;1H4. The van der Waals surface area contributed by atoms with Gasteiger partial charge in [0.15, 0.2) is 6.33 Å². The van der Waals surface area contributed by atoms with Gasteiger partial charge in [0.25, 0.3) is 0 Å². The van der Waals surface area contributed by atoms with Gasteiger partial charge in [-0.05, 0) is 5.21 Å². The van der Waals surface area contributed by atoms with Crippen LogP contribution in [0.5, 0.6) is 0 Å². The summed E-state index contributed by atoms with van der Waals surface area (Å²) in [6.07, 6.45) is 4.81. The Labute approximate surface area is 76.4 Å². The molecule has 7 nitrogen and oxygen atoms in total. The van der Waals surface area contributed by atoms with Gasteiger partial charge in [-0.3, -0.25) is 4.68 Å². The first-order valence-electron chi connectivity index (χ1n) is 3.26. The van der Waals surface area contributed by atoms with Gasteiger partial charge in [-0.2, -0.15) is 4.80 Å². The fraction of sp³-hybridized carbons (Fsp3) is 0.500. The van der Waals surface area contributed by atoms with Gasteiger partial charge in [0, 0.05) is 13.2 Å². The molecular formula is C6H13N7. The first-order valence-corrected chi connectivity index (χ1v) is 3.26. The number of rotatable bonds is 0. The molecule has 0 unspecified atom stereocenters. The lowest BCUT2D eigenvalue weighted by Gasteiger charge is -1.74. The van der Waals surface area contributed by atoms with E-state index in [0.717, 1.165) is 0 Å². The molecule has 0 bridgehead atoms. The molecule has 2 rings (SSSR count). The van der Waals surface area contributed by atoms with E-state index in [-0.39, 0.29) is 7.43 Å². The predicted octanol–water partition coefficient (Wildman–Crippen LogP) is -0.339. The van der Waals surface area contributed by atoms with Crippen molar-refractivity contribution in [2.24, 2.45) is 14.1 Å². The smallest absolute Gasteiger partial charge is 0.162 e. The van der Waals surface area contributed by atoms with E-state index in [9.17, 15) is 0 Å². The van der Waals surface area contributed by atoms with Crippen molar-refractivity contribution in [1.29, 1.82) is 0 Å². The van der Waals surface area contributed by atoms with Crippen LogP contribution in [0.3, 0.4) is 0 Å². The Balaban J connectivity index is 0.000000206. The van der Waals surface area contributed by atoms with Gasteiger partial charge < -0.3 is 0 Å². The molecule has 0 saturated carbocycles. The van der Waals surface area contributed by atoms with Gasteiger partial charge in [-0.25, -0.2) is 0 Å². The Morgan fingerprint density at radius 3 is 2.00 bits per heavy atom. The van der Waals surface area contributed by atoms with E-state index in [1.807, 2.05) is 7.05 Å². The van der Waals surface area contributed by atoms with Crippen molar-refractivity contribution in [2.75, 3.05) is 0 Å².